The number of hydrogen-bond donors (Lipinski definition) is 0. The number of nitrogens with zero attached hydrogens (tertiary/aromatic N) is 4. The molecule has 0 saturated carbocycles. The lowest BCUT2D eigenvalue weighted by Crippen LogP contribution is -2.31. The zero-order valence-corrected chi connectivity index (χ0v) is 62.0. The average molecular weight is 1310 g/mol. The van der Waals surface area contributed by atoms with Crippen LogP contribution in [0.3, 0.4) is 0 Å². The van der Waals surface area contributed by atoms with Crippen molar-refractivity contribution in [2.45, 2.75) is 149 Å². The van der Waals surface area contributed by atoms with Crippen LogP contribution in [-0.4, -0.2) is 0 Å². The minimum absolute atomic E-state index is 0.412. The zero-order chi connectivity index (χ0) is 75.4. The van der Waals surface area contributed by atoms with E-state index in [4.69, 9.17) is 8.22 Å². The van der Waals surface area contributed by atoms with E-state index >= 15 is 0 Å². The Labute approximate surface area is 600 Å². The summed E-state index contributed by atoms with van der Waals surface area (Å²) in [6, 6.07) is 59.6. The first-order chi connectivity index (χ1) is 49.5. The molecule has 12 aromatic rings. The van der Waals surface area contributed by atoms with Crippen molar-refractivity contribution in [3.8, 4) is 89.5 Å². The summed E-state index contributed by atoms with van der Waals surface area (Å²) in [5, 5.41) is 0. The summed E-state index contributed by atoms with van der Waals surface area (Å²) in [5.74, 6) is -0.596. The molecule has 4 heteroatoms. The number of rotatable bonds is 6. The number of aromatic nitrogens is 4. The lowest BCUT2D eigenvalue weighted by Gasteiger charge is -2.18. The molecule has 0 aliphatic heterocycles. The molecule has 4 nitrogen and oxygen atoms in total. The molecule has 0 unspecified atom stereocenters. The van der Waals surface area contributed by atoms with Crippen LogP contribution in [0.15, 0.2) is 189 Å². The number of hydrogen-bond acceptors (Lipinski definition) is 0. The van der Waals surface area contributed by atoms with E-state index in [0.29, 0.717) is 5.56 Å². The third-order valence-corrected chi connectivity index (χ3v) is 21.4. The second-order valence-electron chi connectivity index (χ2n) is 30.2. The van der Waals surface area contributed by atoms with Crippen molar-refractivity contribution in [2.75, 3.05) is 0 Å². The molecule has 4 aliphatic carbocycles. The first-order valence-electron chi connectivity index (χ1n) is 38.4. The molecule has 16 rings (SSSR count). The summed E-state index contributed by atoms with van der Waals surface area (Å²) in [6.07, 6.45) is 10.6. The maximum atomic E-state index is 8.69. The minimum Gasteiger partial charge on any atom is -0.201 e. The van der Waals surface area contributed by atoms with Crippen molar-refractivity contribution in [1.29, 1.82) is 0 Å². The van der Waals surface area contributed by atoms with Gasteiger partial charge in [-0.25, -0.2) is 18.3 Å². The number of fused-ring (bicyclic) bond motifs is 12. The van der Waals surface area contributed by atoms with Crippen LogP contribution in [0.2, 0.25) is 0 Å². The molecule has 0 fully saturated rings. The summed E-state index contributed by atoms with van der Waals surface area (Å²) in [6.45, 7) is 29.2. The molecular weight excluding hydrogens is 1200 g/mol. The Kier molecular flexibility index (Phi) is 16.4. The lowest BCUT2D eigenvalue weighted by atomic mass is 9.87. The molecule has 498 valence electrons. The Balaban J connectivity index is 0.000000125. The highest BCUT2D eigenvalue weighted by Crippen LogP contribution is 2.46. The maximum Gasteiger partial charge on any atom is 0.212 e. The highest BCUT2D eigenvalue weighted by molar-refractivity contribution is 5.86. The van der Waals surface area contributed by atoms with Crippen molar-refractivity contribution in [2.24, 2.45) is 33.6 Å². The lowest BCUT2D eigenvalue weighted by molar-refractivity contribution is -0.660. The van der Waals surface area contributed by atoms with Crippen LogP contribution in [-0.2, 0) is 60.2 Å². The van der Waals surface area contributed by atoms with Gasteiger partial charge in [0.2, 0.25) is 22.8 Å². The summed E-state index contributed by atoms with van der Waals surface area (Å²) in [4.78, 5) is 0. The number of benzene rings is 8. The van der Waals surface area contributed by atoms with Gasteiger partial charge >= 0.3 is 0 Å². The van der Waals surface area contributed by atoms with E-state index in [2.05, 4.69) is 248 Å². The van der Waals surface area contributed by atoms with Gasteiger partial charge in [-0.15, -0.1) is 0 Å². The van der Waals surface area contributed by atoms with Gasteiger partial charge in [0.15, 0.2) is 24.8 Å². The number of pyridine rings is 4. The average Bonchev–Trinajstić information content (AvgIpc) is 1.51. The van der Waals surface area contributed by atoms with Gasteiger partial charge in [0, 0.05) is 78.5 Å². The molecule has 4 heterocycles. The fraction of sp³-hybridized carbons (Fsp3) is 0.284. The van der Waals surface area contributed by atoms with E-state index in [9.17, 15) is 0 Å². The van der Waals surface area contributed by atoms with Gasteiger partial charge in [0.25, 0.3) is 0 Å². The third-order valence-electron chi connectivity index (χ3n) is 21.4. The summed E-state index contributed by atoms with van der Waals surface area (Å²) >= 11 is 0. The van der Waals surface area contributed by atoms with Crippen molar-refractivity contribution >= 4 is 0 Å². The third kappa shape index (κ3) is 13.3. The Morgan fingerprint density at radius 1 is 0.354 bits per heavy atom. The Hall–Kier alpha value is -9.64. The molecule has 0 N–H and O–H groups in total. The topological polar surface area (TPSA) is 15.5 Å². The van der Waals surface area contributed by atoms with Gasteiger partial charge in [-0.05, 0) is 277 Å². The van der Waals surface area contributed by atoms with E-state index in [-0.39, 0.29) is 0 Å². The summed E-state index contributed by atoms with van der Waals surface area (Å²) in [7, 11) is 8.17. The second-order valence-corrected chi connectivity index (χ2v) is 30.2. The molecule has 4 aromatic heterocycles. The standard InChI is InChI=1S/C26H30N.C24H26N.C23H24N.C22H22N/c1-17-7-8-22-20(13-17)15-24-18(2)21(9-10-23(22)24)25-14-19(11-12-27(25)6)16-26(3,4)5;1-15(2)18-10-11-25(5)24(14-18)20-8-9-22-21-7-6-16(3)12-19(21)13-23(22)17(20)4;1-14-6-7-20-18(10-14)12-22-17(4)19(8-9-21(20)22)23-11-15(2)16(3)13-24(23)5;1-14-5-6-19-17(11-14)13-21-16(3)18(7-8-20(19)21)22-12-15(2)9-10-23(22)4/h7-14H,15-16H2,1-6H3;6-12,14-15H,13H2,1-5H3;6-11,13H,12H2,1-5H3;5-12H,13H2,1-4H3/q4*+1/i16D2;15D;3D3;. The molecule has 0 bridgehead atoms. The molecule has 8 aromatic carbocycles. The molecule has 0 atom stereocenters. The highest BCUT2D eigenvalue weighted by atomic mass is 14.9. The summed E-state index contributed by atoms with van der Waals surface area (Å²) < 4.78 is 57.4. The first-order valence-corrected chi connectivity index (χ1v) is 35.4. The SMILES string of the molecule is Cc1ccc2c(c1)Cc1c-2ccc(-c2cc(C)cc[n+]2C)c1C.[2H]C(C)(C)c1cc[n+](C)c(-c2ccc3c(c2C)Cc2cc(C)ccc2-3)c1.[2H]C([2H])([2H])c1c[n+](C)c(-c2ccc3c(c2C)Cc2cc(C)ccc2-3)cc1C.[2H]C([2H])(c1cc[n+](C)c(-c2ccc3c(c2C)Cc2cc(C)ccc2-3)c1)C(C)(C)C. The van der Waals surface area contributed by atoms with E-state index < -0.39 is 24.5 Å². The van der Waals surface area contributed by atoms with Crippen molar-refractivity contribution in [1.82, 2.24) is 0 Å². The predicted molar refractivity (Wildman–Crippen MR) is 415 cm³/mol. The van der Waals surface area contributed by atoms with Crippen molar-refractivity contribution < 1.29 is 26.5 Å². The van der Waals surface area contributed by atoms with E-state index in [1.165, 1.54) is 173 Å². The first kappa shape index (κ1) is 60.5. The summed E-state index contributed by atoms with van der Waals surface area (Å²) in [5.41, 5.74) is 46.3. The van der Waals surface area contributed by atoms with Crippen LogP contribution < -0.4 is 18.3 Å². The van der Waals surface area contributed by atoms with E-state index in [1.807, 2.05) is 84.6 Å². The monoisotopic (exact) mass is 1300 g/mol. The van der Waals surface area contributed by atoms with Crippen LogP contribution in [0, 0.1) is 81.5 Å². The van der Waals surface area contributed by atoms with Crippen LogP contribution in [0.4, 0.5) is 0 Å². The van der Waals surface area contributed by atoms with Crippen LogP contribution in [0.1, 0.15) is 166 Å². The van der Waals surface area contributed by atoms with Gasteiger partial charge in [0.05, 0.1) is 0 Å². The molecule has 0 radical (unpaired) electrons. The van der Waals surface area contributed by atoms with Gasteiger partial charge in [-0.1, -0.05) is 154 Å². The molecule has 99 heavy (non-hydrogen) atoms. The van der Waals surface area contributed by atoms with Crippen LogP contribution >= 0.6 is 0 Å². The zero-order valence-electron chi connectivity index (χ0n) is 68.0. The van der Waals surface area contributed by atoms with Gasteiger partial charge < -0.3 is 0 Å². The smallest absolute Gasteiger partial charge is 0.201 e. The molecule has 0 spiro atoms. The second kappa shape index (κ2) is 26.9. The number of aryl methyl sites for hydroxylation is 11. The van der Waals surface area contributed by atoms with Gasteiger partial charge in [-0.3, -0.25) is 0 Å². The molecular formula is C95H102N4+4. The molecule has 0 saturated heterocycles. The Bertz CT molecular complexity index is 5520. The fourth-order valence-electron chi connectivity index (χ4n) is 15.8. The van der Waals surface area contributed by atoms with Crippen LogP contribution in [0.25, 0.3) is 89.5 Å². The van der Waals surface area contributed by atoms with Gasteiger partial charge in [0.1, 0.15) is 28.2 Å². The molecule has 4 aliphatic rings. The largest absolute Gasteiger partial charge is 0.212 e. The highest BCUT2D eigenvalue weighted by Gasteiger charge is 2.30. The van der Waals surface area contributed by atoms with Crippen LogP contribution in [0.5, 0.6) is 0 Å². The predicted octanol–water partition coefficient (Wildman–Crippen LogP) is 21.1. The molecule has 0 amide bonds. The van der Waals surface area contributed by atoms with E-state index in [0.717, 1.165) is 53.8 Å². The quantitative estimate of drug-likeness (QED) is 0.148. The van der Waals surface area contributed by atoms with E-state index in [1.54, 1.807) is 6.20 Å². The minimum atomic E-state index is -2.09. The Morgan fingerprint density at radius 3 is 1.03 bits per heavy atom. The van der Waals surface area contributed by atoms with Crippen molar-refractivity contribution in [3.05, 3.63) is 305 Å². The maximum absolute atomic E-state index is 8.69. The van der Waals surface area contributed by atoms with Gasteiger partial charge in [-0.2, -0.15) is 0 Å². The normalized spacial score (nSPS) is 13.7. The Morgan fingerprint density at radius 2 is 0.667 bits per heavy atom. The fourth-order valence-corrected chi connectivity index (χ4v) is 15.8. The van der Waals surface area contributed by atoms with Crippen molar-refractivity contribution in [3.63, 3.8) is 0 Å².